The van der Waals surface area contributed by atoms with Gasteiger partial charge in [0.2, 0.25) is 11.8 Å². The van der Waals surface area contributed by atoms with Crippen LogP contribution in [0.1, 0.15) is 6.42 Å². The van der Waals surface area contributed by atoms with E-state index in [0.717, 1.165) is 15.8 Å². The summed E-state index contributed by atoms with van der Waals surface area (Å²) in [5.74, 6) is -0.0106. The van der Waals surface area contributed by atoms with E-state index in [1.54, 1.807) is 17.0 Å². The molecule has 2 heterocycles. The number of piperazine rings is 1. The molecular weight excluding hydrogens is 422 g/mol. The van der Waals surface area contributed by atoms with Crippen molar-refractivity contribution in [2.75, 3.05) is 42.5 Å². The molecule has 2 amide bonds. The van der Waals surface area contributed by atoms with Crippen molar-refractivity contribution in [3.8, 4) is 5.75 Å². The molecule has 0 aliphatic carbocycles. The van der Waals surface area contributed by atoms with Gasteiger partial charge in [-0.15, -0.1) is 0 Å². The minimum atomic E-state index is -0.303. The number of halogens is 1. The van der Waals surface area contributed by atoms with Gasteiger partial charge in [-0.05, 0) is 30.3 Å². The average Bonchev–Trinajstić information content (AvgIpc) is 3.10. The monoisotopic (exact) mass is 443 g/mol. The van der Waals surface area contributed by atoms with Gasteiger partial charge in [-0.1, -0.05) is 34.1 Å². The summed E-state index contributed by atoms with van der Waals surface area (Å²) in [5.41, 5.74) is 1.62. The Kier molecular flexibility index (Phi) is 5.26. The van der Waals surface area contributed by atoms with Gasteiger partial charge < -0.3 is 19.8 Å². The maximum absolute atomic E-state index is 13.0. The van der Waals surface area contributed by atoms with E-state index in [2.05, 4.69) is 20.8 Å². The third kappa shape index (κ3) is 3.71. The molecule has 1 atom stereocenters. The van der Waals surface area contributed by atoms with E-state index < -0.39 is 0 Å². The molecule has 0 radical (unpaired) electrons. The van der Waals surface area contributed by atoms with E-state index in [-0.39, 0.29) is 29.9 Å². The molecule has 2 saturated heterocycles. The third-order valence-corrected chi connectivity index (χ3v) is 5.90. The molecule has 146 valence electrons. The van der Waals surface area contributed by atoms with Crippen molar-refractivity contribution in [2.45, 2.75) is 6.42 Å². The molecule has 6 nitrogen and oxygen atoms in total. The lowest BCUT2D eigenvalue weighted by molar-refractivity contribution is -0.136. The molecule has 2 fully saturated rings. The van der Waals surface area contributed by atoms with Crippen LogP contribution in [0.3, 0.4) is 0 Å². The Hall–Kier alpha value is -2.54. The molecule has 2 aromatic carbocycles. The fourth-order valence-electron chi connectivity index (χ4n) is 3.92. The molecule has 0 unspecified atom stereocenters. The zero-order chi connectivity index (χ0) is 19.7. The van der Waals surface area contributed by atoms with Crippen LogP contribution in [0.15, 0.2) is 53.0 Å². The molecule has 2 aromatic rings. The van der Waals surface area contributed by atoms with Gasteiger partial charge in [0, 0.05) is 49.3 Å². The summed E-state index contributed by atoms with van der Waals surface area (Å²) in [4.78, 5) is 31.1. The topological polar surface area (TPSA) is 64.1 Å². The van der Waals surface area contributed by atoms with E-state index in [1.807, 2.05) is 41.3 Å². The van der Waals surface area contributed by atoms with E-state index >= 15 is 0 Å². The highest BCUT2D eigenvalue weighted by Crippen LogP contribution is 2.30. The van der Waals surface area contributed by atoms with Crippen molar-refractivity contribution in [3.05, 3.63) is 53.0 Å². The summed E-state index contributed by atoms with van der Waals surface area (Å²) in [7, 11) is 0. The number of anilines is 2. The highest BCUT2D eigenvalue weighted by atomic mass is 79.9. The predicted molar refractivity (Wildman–Crippen MR) is 112 cm³/mol. The Morgan fingerprint density at radius 1 is 1.04 bits per heavy atom. The van der Waals surface area contributed by atoms with Crippen LogP contribution in [-0.4, -0.2) is 54.5 Å². The van der Waals surface area contributed by atoms with Gasteiger partial charge in [0.25, 0.3) is 0 Å². The Labute approximate surface area is 172 Å². The molecule has 4 rings (SSSR count). The van der Waals surface area contributed by atoms with Gasteiger partial charge in [-0.3, -0.25) is 9.59 Å². The Morgan fingerprint density at radius 3 is 2.50 bits per heavy atom. The molecule has 1 N–H and O–H groups in total. The molecule has 0 bridgehead atoms. The summed E-state index contributed by atoms with van der Waals surface area (Å²) in [6.45, 7) is 2.94. The van der Waals surface area contributed by atoms with Crippen LogP contribution in [0.25, 0.3) is 0 Å². The first-order valence-electron chi connectivity index (χ1n) is 9.40. The van der Waals surface area contributed by atoms with Gasteiger partial charge in [-0.2, -0.15) is 0 Å². The SMILES string of the molecule is O=C([C@@H]1CC(=O)N(c2cccc(Br)c2)C1)N1CCN(c2ccccc2O)CC1. The number of hydrogen-bond donors (Lipinski definition) is 1. The lowest BCUT2D eigenvalue weighted by atomic mass is 10.1. The van der Waals surface area contributed by atoms with Crippen LogP contribution in [0.5, 0.6) is 5.75 Å². The number of nitrogens with zero attached hydrogens (tertiary/aromatic N) is 3. The number of para-hydroxylation sites is 2. The fraction of sp³-hybridized carbons (Fsp3) is 0.333. The van der Waals surface area contributed by atoms with E-state index in [0.29, 0.717) is 32.7 Å². The summed E-state index contributed by atoms with van der Waals surface area (Å²) in [6.07, 6.45) is 0.255. The highest BCUT2D eigenvalue weighted by molar-refractivity contribution is 9.10. The molecule has 7 heteroatoms. The maximum Gasteiger partial charge on any atom is 0.228 e. The van der Waals surface area contributed by atoms with Crippen LogP contribution < -0.4 is 9.80 Å². The second-order valence-corrected chi connectivity index (χ2v) is 8.10. The second-order valence-electron chi connectivity index (χ2n) is 7.19. The molecule has 0 spiro atoms. The Morgan fingerprint density at radius 2 is 1.79 bits per heavy atom. The fourth-order valence-corrected chi connectivity index (χ4v) is 4.31. The quantitative estimate of drug-likeness (QED) is 0.791. The molecule has 28 heavy (non-hydrogen) atoms. The third-order valence-electron chi connectivity index (χ3n) is 5.41. The second kappa shape index (κ2) is 7.83. The Bertz CT molecular complexity index is 896. The van der Waals surface area contributed by atoms with Crippen molar-refractivity contribution in [3.63, 3.8) is 0 Å². The highest BCUT2D eigenvalue weighted by Gasteiger charge is 2.38. The summed E-state index contributed by atoms with van der Waals surface area (Å²) >= 11 is 3.43. The standard InChI is InChI=1S/C21H22BrN3O3/c22-16-4-3-5-17(13-16)25-14-15(12-20(25)27)21(28)24-10-8-23(9-11-24)18-6-1-2-7-19(18)26/h1-7,13,15,26H,8-12,14H2/t15-/m1/s1. The van der Waals surface area contributed by atoms with Crippen molar-refractivity contribution < 1.29 is 14.7 Å². The number of aromatic hydroxyl groups is 1. The van der Waals surface area contributed by atoms with Crippen LogP contribution in [0.2, 0.25) is 0 Å². The molecule has 2 aliphatic heterocycles. The number of carbonyl (C=O) groups is 2. The first-order chi connectivity index (χ1) is 13.5. The number of benzene rings is 2. The number of carbonyl (C=O) groups excluding carboxylic acids is 2. The number of hydrogen-bond acceptors (Lipinski definition) is 4. The molecule has 0 aromatic heterocycles. The minimum absolute atomic E-state index is 0.00991. The van der Waals surface area contributed by atoms with Gasteiger partial charge in [0.1, 0.15) is 5.75 Å². The zero-order valence-electron chi connectivity index (χ0n) is 15.4. The largest absolute Gasteiger partial charge is 0.506 e. The van der Waals surface area contributed by atoms with E-state index in [4.69, 9.17) is 0 Å². The van der Waals surface area contributed by atoms with Crippen LogP contribution in [-0.2, 0) is 9.59 Å². The van der Waals surface area contributed by atoms with E-state index in [9.17, 15) is 14.7 Å². The van der Waals surface area contributed by atoms with E-state index in [1.165, 1.54) is 0 Å². The summed E-state index contributed by atoms with van der Waals surface area (Å²) < 4.78 is 0.910. The van der Waals surface area contributed by atoms with Crippen LogP contribution in [0.4, 0.5) is 11.4 Å². The smallest absolute Gasteiger partial charge is 0.228 e. The van der Waals surface area contributed by atoms with Crippen molar-refractivity contribution >= 4 is 39.1 Å². The van der Waals surface area contributed by atoms with Crippen molar-refractivity contribution in [2.24, 2.45) is 5.92 Å². The van der Waals surface area contributed by atoms with Crippen LogP contribution >= 0.6 is 15.9 Å². The number of rotatable bonds is 3. The number of phenolic OH excluding ortho intramolecular Hbond substituents is 1. The van der Waals surface area contributed by atoms with Gasteiger partial charge in [0.15, 0.2) is 0 Å². The maximum atomic E-state index is 13.0. The number of phenols is 1. The van der Waals surface area contributed by atoms with Crippen molar-refractivity contribution in [1.29, 1.82) is 0 Å². The minimum Gasteiger partial charge on any atom is -0.506 e. The van der Waals surface area contributed by atoms with Crippen molar-refractivity contribution in [1.82, 2.24) is 4.90 Å². The molecular formula is C21H22BrN3O3. The van der Waals surface area contributed by atoms with Gasteiger partial charge >= 0.3 is 0 Å². The normalized spacial score (nSPS) is 20.0. The summed E-state index contributed by atoms with van der Waals surface area (Å²) in [5, 5.41) is 10.0. The lowest BCUT2D eigenvalue weighted by Gasteiger charge is -2.37. The molecule has 2 aliphatic rings. The zero-order valence-corrected chi connectivity index (χ0v) is 17.0. The summed E-state index contributed by atoms with van der Waals surface area (Å²) in [6, 6.07) is 14.8. The lowest BCUT2D eigenvalue weighted by Crippen LogP contribution is -2.50. The average molecular weight is 444 g/mol. The predicted octanol–water partition coefficient (Wildman–Crippen LogP) is 2.86. The van der Waals surface area contributed by atoms with Crippen LogP contribution in [0, 0.1) is 5.92 Å². The first kappa shape index (κ1) is 18.8. The Balaban J connectivity index is 1.38. The number of amides is 2. The van der Waals surface area contributed by atoms with Gasteiger partial charge in [-0.25, -0.2) is 0 Å². The first-order valence-corrected chi connectivity index (χ1v) is 10.2. The molecule has 0 saturated carbocycles. The van der Waals surface area contributed by atoms with Gasteiger partial charge in [0.05, 0.1) is 11.6 Å².